The Balaban J connectivity index is 1.71. The van der Waals surface area contributed by atoms with Crippen LogP contribution >= 0.6 is 11.3 Å². The van der Waals surface area contributed by atoms with E-state index in [1.165, 1.54) is 36.6 Å². The summed E-state index contributed by atoms with van der Waals surface area (Å²) in [6.45, 7) is 0. The first-order valence-corrected chi connectivity index (χ1v) is 9.84. The molecule has 1 heterocycles. The predicted octanol–water partition coefficient (Wildman–Crippen LogP) is 2.41. The van der Waals surface area contributed by atoms with Crippen LogP contribution in [0.4, 0.5) is 10.7 Å². The van der Waals surface area contributed by atoms with Crippen LogP contribution in [0.1, 0.15) is 39.2 Å². The second-order valence-corrected chi connectivity index (χ2v) is 7.48. The number of carbonyl (C=O) groups is 3. The summed E-state index contributed by atoms with van der Waals surface area (Å²) in [7, 11) is 1.25. The molecule has 0 spiro atoms. The molecule has 2 aromatic rings. The van der Waals surface area contributed by atoms with E-state index in [0.29, 0.717) is 6.42 Å². The van der Waals surface area contributed by atoms with E-state index in [1.54, 1.807) is 6.07 Å². The number of fused-ring (bicyclic) bond motifs is 1. The molecule has 30 heavy (non-hydrogen) atoms. The molecule has 1 aromatic carbocycles. The Labute approximate surface area is 175 Å². The number of benzene rings is 1. The van der Waals surface area contributed by atoms with Gasteiger partial charge in [0.15, 0.2) is 0 Å². The number of thiophene rings is 1. The number of hydrazone groups is 1. The molecule has 2 amide bonds. The van der Waals surface area contributed by atoms with Gasteiger partial charge in [0.25, 0.3) is 5.69 Å². The standard InChI is InChI=1S/C19H18N4O6S/c1-29-19(26)15-12-7-3-5-9-14(12)30-18(15)21-16(24)17(25)22-20-10-11-6-2-4-8-13(11)23(27)28/h2,4,6,8,10H,3,5,7,9H2,1H3,(H,21,24)(H,22,25)/b20-10+. The van der Waals surface area contributed by atoms with E-state index in [2.05, 4.69) is 10.4 Å². The van der Waals surface area contributed by atoms with E-state index >= 15 is 0 Å². The number of esters is 1. The number of rotatable bonds is 5. The minimum atomic E-state index is -1.08. The van der Waals surface area contributed by atoms with Crippen LogP contribution in [0.2, 0.25) is 0 Å². The van der Waals surface area contributed by atoms with Gasteiger partial charge in [0.1, 0.15) is 5.00 Å². The number of aryl methyl sites for hydroxylation is 1. The van der Waals surface area contributed by atoms with Crippen LogP contribution in [-0.4, -0.2) is 36.0 Å². The number of nitrogens with zero attached hydrogens (tertiary/aromatic N) is 2. The largest absolute Gasteiger partial charge is 0.465 e. The summed E-state index contributed by atoms with van der Waals surface area (Å²) in [5.74, 6) is -2.66. The lowest BCUT2D eigenvalue weighted by atomic mass is 9.95. The number of anilines is 1. The van der Waals surface area contributed by atoms with E-state index in [9.17, 15) is 24.5 Å². The Morgan fingerprint density at radius 1 is 1.20 bits per heavy atom. The van der Waals surface area contributed by atoms with Crippen molar-refractivity contribution < 1.29 is 24.0 Å². The van der Waals surface area contributed by atoms with Crippen molar-refractivity contribution in [3.8, 4) is 0 Å². The molecule has 1 aromatic heterocycles. The quantitative estimate of drug-likeness (QED) is 0.245. The van der Waals surface area contributed by atoms with Crippen LogP contribution in [0, 0.1) is 10.1 Å². The fourth-order valence-corrected chi connectivity index (χ4v) is 4.38. The Morgan fingerprint density at radius 2 is 1.93 bits per heavy atom. The molecule has 1 aliphatic carbocycles. The second kappa shape index (κ2) is 9.27. The number of amides is 2. The summed E-state index contributed by atoms with van der Waals surface area (Å²) in [4.78, 5) is 47.9. The van der Waals surface area contributed by atoms with Crippen LogP contribution in [0.15, 0.2) is 29.4 Å². The van der Waals surface area contributed by atoms with Gasteiger partial charge in [-0.05, 0) is 37.3 Å². The number of nitrogens with one attached hydrogen (secondary N) is 2. The fourth-order valence-electron chi connectivity index (χ4n) is 3.11. The van der Waals surface area contributed by atoms with Crippen LogP contribution in [0.25, 0.3) is 0 Å². The highest BCUT2D eigenvalue weighted by atomic mass is 32.1. The highest BCUT2D eigenvalue weighted by Gasteiger charge is 2.28. The molecular formula is C19H18N4O6S. The van der Waals surface area contributed by atoms with Crippen molar-refractivity contribution in [1.29, 1.82) is 0 Å². The number of carbonyl (C=O) groups excluding carboxylic acids is 3. The summed E-state index contributed by atoms with van der Waals surface area (Å²) >= 11 is 1.25. The lowest BCUT2D eigenvalue weighted by Gasteiger charge is -2.11. The molecule has 3 rings (SSSR count). The van der Waals surface area contributed by atoms with Gasteiger partial charge in [-0.25, -0.2) is 10.2 Å². The van der Waals surface area contributed by atoms with Gasteiger partial charge in [-0.2, -0.15) is 5.10 Å². The smallest absolute Gasteiger partial charge is 0.341 e. The Kier molecular flexibility index (Phi) is 6.52. The van der Waals surface area contributed by atoms with Gasteiger partial charge >= 0.3 is 17.8 Å². The van der Waals surface area contributed by atoms with Gasteiger partial charge in [-0.1, -0.05) is 12.1 Å². The van der Waals surface area contributed by atoms with Gasteiger partial charge in [-0.15, -0.1) is 11.3 Å². The van der Waals surface area contributed by atoms with Crippen LogP contribution in [0.3, 0.4) is 0 Å². The van der Waals surface area contributed by atoms with Crippen molar-refractivity contribution in [2.75, 3.05) is 12.4 Å². The molecule has 0 aliphatic heterocycles. The van der Waals surface area contributed by atoms with E-state index in [0.717, 1.165) is 35.9 Å². The first-order valence-electron chi connectivity index (χ1n) is 9.03. The zero-order chi connectivity index (χ0) is 21.7. The molecule has 0 unspecified atom stereocenters. The highest BCUT2D eigenvalue weighted by Crippen LogP contribution is 2.38. The summed E-state index contributed by atoms with van der Waals surface area (Å²) in [6, 6.07) is 5.83. The third-order valence-electron chi connectivity index (χ3n) is 4.50. The molecule has 2 N–H and O–H groups in total. The van der Waals surface area contributed by atoms with Gasteiger partial charge in [0.05, 0.1) is 29.4 Å². The molecule has 0 saturated carbocycles. The third-order valence-corrected chi connectivity index (χ3v) is 5.70. The van der Waals surface area contributed by atoms with Crippen molar-refractivity contribution in [1.82, 2.24) is 5.43 Å². The predicted molar refractivity (Wildman–Crippen MR) is 110 cm³/mol. The number of methoxy groups -OCH3 is 1. The summed E-state index contributed by atoms with van der Waals surface area (Å²) in [5, 5.41) is 17.3. The zero-order valence-electron chi connectivity index (χ0n) is 16.0. The monoisotopic (exact) mass is 430 g/mol. The minimum Gasteiger partial charge on any atom is -0.465 e. The molecule has 0 atom stereocenters. The molecule has 0 radical (unpaired) electrons. The normalized spacial score (nSPS) is 12.8. The van der Waals surface area contributed by atoms with Gasteiger partial charge in [0, 0.05) is 10.9 Å². The van der Waals surface area contributed by atoms with Crippen molar-refractivity contribution in [3.63, 3.8) is 0 Å². The highest BCUT2D eigenvalue weighted by molar-refractivity contribution is 7.17. The molecule has 156 valence electrons. The van der Waals surface area contributed by atoms with E-state index in [4.69, 9.17) is 4.74 Å². The number of ether oxygens (including phenoxy) is 1. The van der Waals surface area contributed by atoms with E-state index in [1.807, 2.05) is 5.43 Å². The third kappa shape index (κ3) is 4.51. The first kappa shape index (κ1) is 21.1. The molecule has 0 fully saturated rings. The molecule has 10 nitrogen and oxygen atoms in total. The molecule has 0 saturated heterocycles. The topological polar surface area (TPSA) is 140 Å². The van der Waals surface area contributed by atoms with Crippen LogP contribution < -0.4 is 10.7 Å². The van der Waals surface area contributed by atoms with Crippen LogP contribution in [-0.2, 0) is 27.2 Å². The SMILES string of the molecule is COC(=O)c1c(NC(=O)C(=O)N/N=C/c2ccccc2[N+](=O)[O-])sc2c1CCCC2. The maximum atomic E-state index is 12.3. The maximum Gasteiger partial charge on any atom is 0.341 e. The minimum absolute atomic E-state index is 0.169. The Morgan fingerprint density at radius 3 is 2.67 bits per heavy atom. The van der Waals surface area contributed by atoms with Crippen LogP contribution in [0.5, 0.6) is 0 Å². The average molecular weight is 430 g/mol. The van der Waals surface area contributed by atoms with Gasteiger partial charge in [0.2, 0.25) is 0 Å². The second-order valence-electron chi connectivity index (χ2n) is 6.38. The summed E-state index contributed by atoms with van der Waals surface area (Å²) < 4.78 is 4.83. The summed E-state index contributed by atoms with van der Waals surface area (Å²) in [5.41, 5.74) is 3.14. The number of hydrogen-bond donors (Lipinski definition) is 2. The number of nitro groups is 1. The average Bonchev–Trinajstić information content (AvgIpc) is 3.11. The molecule has 0 bridgehead atoms. The van der Waals surface area contributed by atoms with Crippen molar-refractivity contribution in [2.24, 2.45) is 5.10 Å². The van der Waals surface area contributed by atoms with E-state index in [-0.39, 0.29) is 21.8 Å². The maximum absolute atomic E-state index is 12.3. The van der Waals surface area contributed by atoms with Crippen molar-refractivity contribution >= 4 is 46.0 Å². The van der Waals surface area contributed by atoms with Gasteiger partial charge < -0.3 is 10.1 Å². The molecule has 1 aliphatic rings. The molecular weight excluding hydrogens is 412 g/mol. The summed E-state index contributed by atoms with van der Waals surface area (Å²) in [6.07, 6.45) is 4.50. The lowest BCUT2D eigenvalue weighted by Crippen LogP contribution is -2.32. The lowest BCUT2D eigenvalue weighted by molar-refractivity contribution is -0.385. The molecule has 11 heteroatoms. The van der Waals surface area contributed by atoms with Crippen molar-refractivity contribution in [3.05, 3.63) is 55.9 Å². The Bertz CT molecular complexity index is 1050. The number of para-hydroxylation sites is 1. The zero-order valence-corrected chi connectivity index (χ0v) is 16.8. The van der Waals surface area contributed by atoms with Crippen molar-refractivity contribution in [2.45, 2.75) is 25.7 Å². The first-order chi connectivity index (χ1) is 14.4. The Hall–Kier alpha value is -3.60. The fraction of sp³-hybridized carbons (Fsp3) is 0.263. The number of hydrogen-bond acceptors (Lipinski definition) is 8. The van der Waals surface area contributed by atoms with E-state index < -0.39 is 22.7 Å². The van der Waals surface area contributed by atoms with Gasteiger partial charge in [-0.3, -0.25) is 19.7 Å². The number of nitro benzene ring substituents is 1.